The third-order valence-electron chi connectivity index (χ3n) is 4.59. The highest BCUT2D eigenvalue weighted by atomic mass is 16.2. The summed E-state index contributed by atoms with van der Waals surface area (Å²) in [4.78, 5) is 28.2. The molecule has 2 rings (SSSR count). The lowest BCUT2D eigenvalue weighted by atomic mass is 10.00. The molecule has 1 aromatic rings. The first kappa shape index (κ1) is 17.5. The molecule has 1 aliphatic heterocycles. The molecule has 0 spiro atoms. The molecule has 0 radical (unpaired) electrons. The number of primary amides is 1. The highest BCUT2D eigenvalue weighted by molar-refractivity contribution is 5.97. The minimum atomic E-state index is -0.466. The minimum absolute atomic E-state index is 0.0945. The van der Waals surface area contributed by atoms with Gasteiger partial charge >= 0.3 is 0 Å². The van der Waals surface area contributed by atoms with Crippen molar-refractivity contribution >= 4 is 11.8 Å². The quantitative estimate of drug-likeness (QED) is 0.873. The Balaban J connectivity index is 2.08. The van der Waals surface area contributed by atoms with E-state index in [1.54, 1.807) is 4.90 Å². The molecule has 1 aromatic carbocycles. The van der Waals surface area contributed by atoms with Gasteiger partial charge < -0.3 is 10.6 Å². The van der Waals surface area contributed by atoms with Crippen molar-refractivity contribution < 1.29 is 9.59 Å². The summed E-state index contributed by atoms with van der Waals surface area (Å²) in [7, 11) is 0. The third kappa shape index (κ3) is 4.32. The molecule has 0 aliphatic carbocycles. The number of hydrogen-bond donors (Lipinski definition) is 1. The van der Waals surface area contributed by atoms with Crippen molar-refractivity contribution in [1.82, 2.24) is 9.80 Å². The Morgan fingerprint density at radius 2 is 1.83 bits per heavy atom. The van der Waals surface area contributed by atoms with E-state index in [1.165, 1.54) is 5.56 Å². The summed E-state index contributed by atoms with van der Waals surface area (Å²) in [5, 5.41) is 0. The molecule has 0 aromatic heterocycles. The molecule has 0 bridgehead atoms. The summed E-state index contributed by atoms with van der Waals surface area (Å²) in [5.74, 6) is -0.501. The second-order valence-corrected chi connectivity index (χ2v) is 6.07. The van der Waals surface area contributed by atoms with Gasteiger partial charge in [0.15, 0.2) is 0 Å². The number of rotatable bonds is 6. The van der Waals surface area contributed by atoms with E-state index in [0.717, 1.165) is 32.5 Å². The van der Waals surface area contributed by atoms with Gasteiger partial charge in [-0.15, -0.1) is 0 Å². The predicted molar refractivity (Wildman–Crippen MR) is 90.9 cm³/mol. The van der Waals surface area contributed by atoms with Crippen LogP contribution in [0.4, 0.5) is 0 Å². The van der Waals surface area contributed by atoms with E-state index < -0.39 is 11.9 Å². The van der Waals surface area contributed by atoms with E-state index in [9.17, 15) is 9.59 Å². The number of nitrogens with two attached hydrogens (primary N) is 1. The standard InChI is InChI=1S/C18H27N3O2/c1-3-20(4-2)13-14-8-10-15(11-9-14)18(23)21-12-6-5-7-16(21)17(19)22/h8-11,16H,3-7,12-13H2,1-2H3,(H2,19,22)/t16-/m0/s1. The number of benzene rings is 1. The minimum Gasteiger partial charge on any atom is -0.368 e. The Hall–Kier alpha value is -1.88. The lowest BCUT2D eigenvalue weighted by Crippen LogP contribution is -2.50. The number of likely N-dealkylation sites (tertiary alicyclic amines) is 1. The van der Waals surface area contributed by atoms with Crippen molar-refractivity contribution in [2.24, 2.45) is 5.73 Å². The second kappa shape index (κ2) is 8.11. The first-order chi connectivity index (χ1) is 11.1. The van der Waals surface area contributed by atoms with Crippen LogP contribution in [0.3, 0.4) is 0 Å². The molecule has 1 aliphatic rings. The van der Waals surface area contributed by atoms with Gasteiger partial charge in [0.1, 0.15) is 6.04 Å². The smallest absolute Gasteiger partial charge is 0.254 e. The van der Waals surface area contributed by atoms with E-state index in [4.69, 9.17) is 5.73 Å². The van der Waals surface area contributed by atoms with Crippen molar-refractivity contribution in [2.75, 3.05) is 19.6 Å². The molecule has 1 atom stereocenters. The molecule has 0 unspecified atom stereocenters. The largest absolute Gasteiger partial charge is 0.368 e. The Morgan fingerprint density at radius 1 is 1.17 bits per heavy atom. The molecule has 23 heavy (non-hydrogen) atoms. The van der Waals surface area contributed by atoms with Gasteiger partial charge in [-0.3, -0.25) is 14.5 Å². The lowest BCUT2D eigenvalue weighted by Gasteiger charge is -2.33. The molecule has 2 amide bonds. The van der Waals surface area contributed by atoms with Crippen molar-refractivity contribution in [3.05, 3.63) is 35.4 Å². The van der Waals surface area contributed by atoms with Crippen LogP contribution in [0.2, 0.25) is 0 Å². The summed E-state index contributed by atoms with van der Waals surface area (Å²) >= 11 is 0. The fraction of sp³-hybridized carbons (Fsp3) is 0.556. The first-order valence-corrected chi connectivity index (χ1v) is 8.48. The predicted octanol–water partition coefficient (Wildman–Crippen LogP) is 2.01. The highest BCUT2D eigenvalue weighted by Gasteiger charge is 2.31. The molecule has 5 nitrogen and oxygen atoms in total. The monoisotopic (exact) mass is 317 g/mol. The van der Waals surface area contributed by atoms with Gasteiger partial charge in [0.05, 0.1) is 0 Å². The Labute approximate surface area is 138 Å². The summed E-state index contributed by atoms with van der Waals surface area (Å²) in [6, 6.07) is 7.23. The van der Waals surface area contributed by atoms with E-state index in [-0.39, 0.29) is 5.91 Å². The van der Waals surface area contributed by atoms with Crippen LogP contribution in [0.15, 0.2) is 24.3 Å². The van der Waals surface area contributed by atoms with E-state index in [2.05, 4.69) is 18.7 Å². The number of hydrogen-bond acceptors (Lipinski definition) is 3. The molecule has 126 valence electrons. The second-order valence-electron chi connectivity index (χ2n) is 6.07. The first-order valence-electron chi connectivity index (χ1n) is 8.48. The van der Waals surface area contributed by atoms with Crippen LogP contribution in [0.5, 0.6) is 0 Å². The number of nitrogens with zero attached hydrogens (tertiary/aromatic N) is 2. The fourth-order valence-electron chi connectivity index (χ4n) is 3.09. The normalized spacial score (nSPS) is 18.2. The lowest BCUT2D eigenvalue weighted by molar-refractivity contribution is -0.123. The Kier molecular flexibility index (Phi) is 6.16. The van der Waals surface area contributed by atoms with Crippen LogP contribution in [-0.2, 0) is 11.3 Å². The van der Waals surface area contributed by atoms with Crippen molar-refractivity contribution in [2.45, 2.75) is 45.7 Å². The van der Waals surface area contributed by atoms with Gasteiger partial charge in [-0.25, -0.2) is 0 Å². The van der Waals surface area contributed by atoms with Crippen molar-refractivity contribution in [1.29, 1.82) is 0 Å². The highest BCUT2D eigenvalue weighted by Crippen LogP contribution is 2.20. The molecule has 1 fully saturated rings. The molecule has 1 heterocycles. The molecular formula is C18H27N3O2. The maximum atomic E-state index is 12.7. The molecule has 2 N–H and O–H groups in total. The molecular weight excluding hydrogens is 290 g/mol. The number of carbonyl (C=O) groups is 2. The van der Waals surface area contributed by atoms with Gasteiger partial charge in [0.25, 0.3) is 5.91 Å². The van der Waals surface area contributed by atoms with Crippen LogP contribution < -0.4 is 5.73 Å². The van der Waals surface area contributed by atoms with Crippen LogP contribution in [-0.4, -0.2) is 47.3 Å². The zero-order chi connectivity index (χ0) is 16.8. The van der Waals surface area contributed by atoms with E-state index in [0.29, 0.717) is 18.5 Å². The van der Waals surface area contributed by atoms with Gasteiger partial charge in [-0.2, -0.15) is 0 Å². The van der Waals surface area contributed by atoms with Gasteiger partial charge in [0.2, 0.25) is 5.91 Å². The summed E-state index contributed by atoms with van der Waals surface area (Å²) in [5.41, 5.74) is 7.26. The van der Waals surface area contributed by atoms with Crippen LogP contribution in [0.1, 0.15) is 49.0 Å². The zero-order valence-electron chi connectivity index (χ0n) is 14.1. The summed E-state index contributed by atoms with van der Waals surface area (Å²) < 4.78 is 0. The van der Waals surface area contributed by atoms with Crippen LogP contribution in [0.25, 0.3) is 0 Å². The summed E-state index contributed by atoms with van der Waals surface area (Å²) in [6.45, 7) is 7.78. The average Bonchev–Trinajstić information content (AvgIpc) is 2.59. The van der Waals surface area contributed by atoms with Crippen molar-refractivity contribution in [3.63, 3.8) is 0 Å². The van der Waals surface area contributed by atoms with Crippen molar-refractivity contribution in [3.8, 4) is 0 Å². The average molecular weight is 317 g/mol. The van der Waals surface area contributed by atoms with E-state index >= 15 is 0 Å². The molecule has 1 saturated heterocycles. The molecule has 0 saturated carbocycles. The summed E-state index contributed by atoms with van der Waals surface area (Å²) in [6.07, 6.45) is 2.54. The van der Waals surface area contributed by atoms with Crippen LogP contribution >= 0.6 is 0 Å². The Bertz CT molecular complexity index is 538. The Morgan fingerprint density at radius 3 is 2.39 bits per heavy atom. The maximum Gasteiger partial charge on any atom is 0.254 e. The fourth-order valence-corrected chi connectivity index (χ4v) is 3.09. The van der Waals surface area contributed by atoms with Crippen LogP contribution in [0, 0.1) is 0 Å². The number of amides is 2. The molecule has 5 heteroatoms. The van der Waals surface area contributed by atoms with E-state index in [1.807, 2.05) is 24.3 Å². The third-order valence-corrected chi connectivity index (χ3v) is 4.59. The topological polar surface area (TPSA) is 66.6 Å². The maximum absolute atomic E-state index is 12.7. The number of carbonyl (C=O) groups excluding carboxylic acids is 2. The van der Waals surface area contributed by atoms with Gasteiger partial charge in [-0.05, 0) is 50.0 Å². The van der Waals surface area contributed by atoms with Gasteiger partial charge in [0, 0.05) is 18.7 Å². The SMILES string of the molecule is CCN(CC)Cc1ccc(C(=O)N2CCCC[C@H]2C(N)=O)cc1. The van der Waals surface area contributed by atoms with Gasteiger partial charge in [-0.1, -0.05) is 26.0 Å². The zero-order valence-corrected chi connectivity index (χ0v) is 14.1. The number of piperidine rings is 1.